The van der Waals surface area contributed by atoms with Gasteiger partial charge in [0.15, 0.2) is 0 Å². The van der Waals surface area contributed by atoms with Crippen molar-refractivity contribution >= 4 is 54.1 Å². The Morgan fingerprint density at radius 2 is 1.62 bits per heavy atom. The third-order valence-corrected chi connectivity index (χ3v) is 6.56. The van der Waals surface area contributed by atoms with Gasteiger partial charge >= 0.3 is 0 Å². The number of thiophene rings is 1. The summed E-state index contributed by atoms with van der Waals surface area (Å²) in [6.07, 6.45) is 2.80. The Morgan fingerprint density at radius 3 is 2.24 bits per heavy atom. The number of benzene rings is 2. The average molecular weight is 410 g/mol. The predicted octanol–water partition coefficient (Wildman–Crippen LogP) is 6.05. The SMILES string of the molecule is CCc1cc2c(sc3c(CC)c(I)ccc32)c(CC)c1O. The molecule has 0 aliphatic rings. The highest BCUT2D eigenvalue weighted by Gasteiger charge is 2.17. The third-order valence-electron chi connectivity index (χ3n) is 4.21. The molecule has 0 spiro atoms. The quantitative estimate of drug-likeness (QED) is 0.521. The van der Waals surface area contributed by atoms with Crippen molar-refractivity contribution in [1.29, 1.82) is 0 Å². The van der Waals surface area contributed by atoms with E-state index in [1.54, 1.807) is 0 Å². The predicted molar refractivity (Wildman–Crippen MR) is 102 cm³/mol. The van der Waals surface area contributed by atoms with Crippen molar-refractivity contribution in [2.24, 2.45) is 0 Å². The van der Waals surface area contributed by atoms with Crippen LogP contribution in [0.25, 0.3) is 20.2 Å². The number of halogens is 1. The molecule has 2 aromatic carbocycles. The Labute approximate surface area is 143 Å². The number of rotatable bonds is 3. The van der Waals surface area contributed by atoms with Crippen LogP contribution >= 0.6 is 33.9 Å². The van der Waals surface area contributed by atoms with Gasteiger partial charge < -0.3 is 5.11 Å². The molecule has 0 saturated heterocycles. The number of phenols is 1. The van der Waals surface area contributed by atoms with Crippen molar-refractivity contribution in [2.45, 2.75) is 40.0 Å². The summed E-state index contributed by atoms with van der Waals surface area (Å²) in [5, 5.41) is 13.2. The van der Waals surface area contributed by atoms with E-state index in [2.05, 4.69) is 61.6 Å². The molecule has 0 fully saturated rings. The average Bonchev–Trinajstić information content (AvgIpc) is 2.84. The molecule has 3 rings (SSSR count). The molecule has 0 atom stereocenters. The molecule has 0 unspecified atom stereocenters. The molecule has 3 heteroatoms. The molecule has 1 nitrogen and oxygen atoms in total. The second-order valence-electron chi connectivity index (χ2n) is 5.30. The van der Waals surface area contributed by atoms with E-state index in [9.17, 15) is 5.11 Å². The van der Waals surface area contributed by atoms with Crippen LogP contribution in [-0.2, 0) is 19.3 Å². The van der Waals surface area contributed by atoms with Crippen LogP contribution in [-0.4, -0.2) is 5.11 Å². The highest BCUT2D eigenvalue weighted by molar-refractivity contribution is 14.1. The lowest BCUT2D eigenvalue weighted by molar-refractivity contribution is 0.464. The zero-order chi connectivity index (χ0) is 15.1. The lowest BCUT2D eigenvalue weighted by Gasteiger charge is -2.08. The Hall–Kier alpha value is -0.810. The molecule has 3 aromatic rings. The Kier molecular flexibility index (Phi) is 4.14. The minimum absolute atomic E-state index is 0.506. The molecule has 1 heterocycles. The fraction of sp³-hybridized carbons (Fsp3) is 0.333. The first-order valence-electron chi connectivity index (χ1n) is 7.49. The van der Waals surface area contributed by atoms with E-state index >= 15 is 0 Å². The summed E-state index contributed by atoms with van der Waals surface area (Å²) >= 11 is 4.28. The molecule has 0 aliphatic carbocycles. The number of phenolic OH excluding ortho intramolecular Hbond substituents is 1. The molecule has 0 radical (unpaired) electrons. The molecular weight excluding hydrogens is 391 g/mol. The first-order valence-corrected chi connectivity index (χ1v) is 9.39. The van der Waals surface area contributed by atoms with Gasteiger partial charge in [-0.15, -0.1) is 11.3 Å². The zero-order valence-electron chi connectivity index (χ0n) is 12.6. The van der Waals surface area contributed by atoms with Gasteiger partial charge in [-0.1, -0.05) is 26.8 Å². The summed E-state index contributed by atoms with van der Waals surface area (Å²) in [5.41, 5.74) is 3.62. The van der Waals surface area contributed by atoms with Gasteiger partial charge in [-0.2, -0.15) is 0 Å². The minimum atomic E-state index is 0.506. The van der Waals surface area contributed by atoms with Crippen LogP contribution in [0.3, 0.4) is 0 Å². The molecule has 1 N–H and O–H groups in total. The zero-order valence-corrected chi connectivity index (χ0v) is 15.6. The van der Waals surface area contributed by atoms with E-state index in [0.717, 1.165) is 30.4 Å². The van der Waals surface area contributed by atoms with Crippen molar-refractivity contribution < 1.29 is 5.11 Å². The molecule has 0 bridgehead atoms. The van der Waals surface area contributed by atoms with Crippen LogP contribution in [0.5, 0.6) is 5.75 Å². The lowest BCUT2D eigenvalue weighted by atomic mass is 9.99. The van der Waals surface area contributed by atoms with Gasteiger partial charge in [0.25, 0.3) is 0 Å². The number of aromatic hydroxyl groups is 1. The summed E-state index contributed by atoms with van der Waals surface area (Å²) in [6, 6.07) is 6.65. The van der Waals surface area contributed by atoms with Crippen LogP contribution < -0.4 is 0 Å². The maximum absolute atomic E-state index is 10.5. The molecule has 0 aliphatic heterocycles. The van der Waals surface area contributed by atoms with Crippen LogP contribution in [0.2, 0.25) is 0 Å². The smallest absolute Gasteiger partial charge is 0.123 e. The van der Waals surface area contributed by atoms with Gasteiger partial charge in [0, 0.05) is 29.3 Å². The summed E-state index contributed by atoms with van der Waals surface area (Å²) in [4.78, 5) is 0. The van der Waals surface area contributed by atoms with E-state index < -0.39 is 0 Å². The highest BCUT2D eigenvalue weighted by Crippen LogP contribution is 2.43. The molecule has 21 heavy (non-hydrogen) atoms. The van der Waals surface area contributed by atoms with Crippen LogP contribution in [0.1, 0.15) is 37.5 Å². The Bertz CT molecular complexity index is 832. The van der Waals surface area contributed by atoms with E-state index in [-0.39, 0.29) is 0 Å². The molecular formula is C18H19IOS. The number of hydrogen-bond donors (Lipinski definition) is 1. The van der Waals surface area contributed by atoms with Crippen molar-refractivity contribution in [3.05, 3.63) is 38.5 Å². The minimum Gasteiger partial charge on any atom is -0.507 e. The van der Waals surface area contributed by atoms with Gasteiger partial charge in [0.05, 0.1) is 0 Å². The van der Waals surface area contributed by atoms with Crippen molar-refractivity contribution in [3.8, 4) is 5.75 Å². The molecule has 110 valence electrons. The second-order valence-corrected chi connectivity index (χ2v) is 7.49. The van der Waals surface area contributed by atoms with Crippen LogP contribution in [0.4, 0.5) is 0 Å². The van der Waals surface area contributed by atoms with E-state index in [1.165, 1.54) is 29.3 Å². The van der Waals surface area contributed by atoms with Crippen LogP contribution in [0.15, 0.2) is 18.2 Å². The highest BCUT2D eigenvalue weighted by atomic mass is 127. The number of aryl methyl sites for hydroxylation is 3. The standard InChI is InChI=1S/C18H19IOS/c1-4-10-9-14-13-7-8-15(19)11(5-2)17(13)21-18(14)12(6-3)16(10)20/h7-9,20H,4-6H2,1-3H3. The lowest BCUT2D eigenvalue weighted by Crippen LogP contribution is -1.89. The summed E-state index contributed by atoms with van der Waals surface area (Å²) in [7, 11) is 0. The van der Waals surface area contributed by atoms with E-state index in [1.807, 2.05) is 11.3 Å². The van der Waals surface area contributed by atoms with Gasteiger partial charge in [0.2, 0.25) is 0 Å². The fourth-order valence-corrected chi connectivity index (χ4v) is 5.58. The Balaban J connectivity index is 2.51. The Morgan fingerprint density at radius 1 is 0.952 bits per heavy atom. The van der Waals surface area contributed by atoms with Crippen molar-refractivity contribution in [1.82, 2.24) is 0 Å². The summed E-state index contributed by atoms with van der Waals surface area (Å²) < 4.78 is 3.99. The number of fused-ring (bicyclic) bond motifs is 3. The summed E-state index contributed by atoms with van der Waals surface area (Å²) in [5.74, 6) is 0.506. The maximum atomic E-state index is 10.5. The summed E-state index contributed by atoms with van der Waals surface area (Å²) in [6.45, 7) is 6.45. The fourth-order valence-electron chi connectivity index (χ4n) is 3.05. The second kappa shape index (κ2) is 5.76. The van der Waals surface area contributed by atoms with E-state index in [0.29, 0.717) is 5.75 Å². The van der Waals surface area contributed by atoms with Crippen LogP contribution in [0, 0.1) is 3.57 Å². The topological polar surface area (TPSA) is 20.2 Å². The van der Waals surface area contributed by atoms with Crippen molar-refractivity contribution in [2.75, 3.05) is 0 Å². The first kappa shape index (κ1) is 15.1. The number of hydrogen-bond acceptors (Lipinski definition) is 2. The maximum Gasteiger partial charge on any atom is 0.123 e. The van der Waals surface area contributed by atoms with Gasteiger partial charge in [-0.25, -0.2) is 0 Å². The normalized spacial score (nSPS) is 11.6. The van der Waals surface area contributed by atoms with Gasteiger partial charge in [-0.05, 0) is 65.1 Å². The van der Waals surface area contributed by atoms with Crippen molar-refractivity contribution in [3.63, 3.8) is 0 Å². The molecule has 0 amide bonds. The largest absolute Gasteiger partial charge is 0.507 e. The molecule has 0 saturated carbocycles. The first-order chi connectivity index (χ1) is 10.1. The van der Waals surface area contributed by atoms with E-state index in [4.69, 9.17) is 0 Å². The monoisotopic (exact) mass is 410 g/mol. The third kappa shape index (κ3) is 2.25. The molecule has 1 aromatic heterocycles. The van der Waals surface area contributed by atoms with Gasteiger partial charge in [0.1, 0.15) is 5.75 Å². The van der Waals surface area contributed by atoms with Gasteiger partial charge in [-0.3, -0.25) is 0 Å².